The van der Waals surface area contributed by atoms with Gasteiger partial charge in [-0.2, -0.15) is 5.10 Å². The predicted octanol–water partition coefficient (Wildman–Crippen LogP) is 3.45. The fourth-order valence-corrected chi connectivity index (χ4v) is 2.22. The lowest BCUT2D eigenvalue weighted by Crippen LogP contribution is -2.06. The SMILES string of the molecule is CCCCn1nc(-c2ccccc2)c(C(=O)OC)c1C. The van der Waals surface area contributed by atoms with Gasteiger partial charge >= 0.3 is 5.97 Å². The summed E-state index contributed by atoms with van der Waals surface area (Å²) in [4.78, 5) is 12.0. The minimum atomic E-state index is -0.330. The Balaban J connectivity index is 2.51. The van der Waals surface area contributed by atoms with Crippen LogP contribution in [0.5, 0.6) is 0 Å². The molecule has 20 heavy (non-hydrogen) atoms. The highest BCUT2D eigenvalue weighted by Gasteiger charge is 2.22. The molecule has 1 aromatic heterocycles. The summed E-state index contributed by atoms with van der Waals surface area (Å²) in [6, 6.07) is 9.74. The number of carbonyl (C=O) groups is 1. The van der Waals surface area contributed by atoms with Crippen molar-refractivity contribution in [2.24, 2.45) is 0 Å². The van der Waals surface area contributed by atoms with Crippen LogP contribution >= 0.6 is 0 Å². The molecule has 1 aromatic carbocycles. The second kappa shape index (κ2) is 6.37. The number of ether oxygens (including phenoxy) is 1. The smallest absolute Gasteiger partial charge is 0.342 e. The average molecular weight is 272 g/mol. The first kappa shape index (κ1) is 14.3. The summed E-state index contributed by atoms with van der Waals surface area (Å²) in [7, 11) is 1.40. The number of unbranched alkanes of at least 4 members (excludes halogenated alkanes) is 1. The van der Waals surface area contributed by atoms with Crippen molar-refractivity contribution in [2.45, 2.75) is 33.2 Å². The Kier molecular flexibility index (Phi) is 4.56. The molecule has 2 rings (SSSR count). The first-order chi connectivity index (χ1) is 9.69. The van der Waals surface area contributed by atoms with E-state index in [0.29, 0.717) is 11.3 Å². The number of aromatic nitrogens is 2. The molecule has 0 fully saturated rings. The third-order valence-electron chi connectivity index (χ3n) is 3.37. The molecular weight excluding hydrogens is 252 g/mol. The number of hydrogen-bond acceptors (Lipinski definition) is 3. The van der Waals surface area contributed by atoms with Crippen LogP contribution in [0.3, 0.4) is 0 Å². The van der Waals surface area contributed by atoms with Crippen LogP contribution in [0.25, 0.3) is 11.3 Å². The Morgan fingerprint density at radius 1 is 1.30 bits per heavy atom. The first-order valence-electron chi connectivity index (χ1n) is 6.90. The molecule has 0 bridgehead atoms. The molecule has 0 aliphatic rings. The van der Waals surface area contributed by atoms with E-state index in [1.165, 1.54) is 7.11 Å². The summed E-state index contributed by atoms with van der Waals surface area (Å²) in [6.07, 6.45) is 2.13. The van der Waals surface area contributed by atoms with Crippen LogP contribution < -0.4 is 0 Å². The average Bonchev–Trinajstić information content (AvgIpc) is 2.82. The molecule has 0 aliphatic heterocycles. The van der Waals surface area contributed by atoms with Crippen molar-refractivity contribution in [3.05, 3.63) is 41.6 Å². The van der Waals surface area contributed by atoms with Gasteiger partial charge in [-0.05, 0) is 13.3 Å². The lowest BCUT2D eigenvalue weighted by Gasteiger charge is -2.03. The maximum atomic E-state index is 12.0. The van der Waals surface area contributed by atoms with Crippen LogP contribution in [0.15, 0.2) is 30.3 Å². The molecule has 0 radical (unpaired) electrons. The number of methoxy groups -OCH3 is 1. The van der Waals surface area contributed by atoms with Crippen LogP contribution in [0, 0.1) is 6.92 Å². The Labute approximate surface area is 119 Å². The number of aryl methyl sites for hydroxylation is 1. The Morgan fingerprint density at radius 2 is 2.00 bits per heavy atom. The predicted molar refractivity (Wildman–Crippen MR) is 78.6 cm³/mol. The van der Waals surface area contributed by atoms with Gasteiger partial charge in [0.25, 0.3) is 0 Å². The molecule has 4 nitrogen and oxygen atoms in total. The second-order valence-corrected chi connectivity index (χ2v) is 4.74. The summed E-state index contributed by atoms with van der Waals surface area (Å²) in [5.41, 5.74) is 3.07. The van der Waals surface area contributed by atoms with Crippen molar-refractivity contribution in [2.75, 3.05) is 7.11 Å². The molecule has 106 valence electrons. The van der Waals surface area contributed by atoms with Gasteiger partial charge < -0.3 is 4.74 Å². The van der Waals surface area contributed by atoms with Crippen molar-refractivity contribution in [1.82, 2.24) is 9.78 Å². The van der Waals surface area contributed by atoms with Gasteiger partial charge in [-0.1, -0.05) is 43.7 Å². The topological polar surface area (TPSA) is 44.1 Å². The number of rotatable bonds is 5. The Hall–Kier alpha value is -2.10. The summed E-state index contributed by atoms with van der Waals surface area (Å²) < 4.78 is 6.81. The van der Waals surface area contributed by atoms with Crippen LogP contribution in [0.4, 0.5) is 0 Å². The van der Waals surface area contributed by atoms with Gasteiger partial charge in [0.15, 0.2) is 0 Å². The van der Waals surface area contributed by atoms with Crippen molar-refractivity contribution < 1.29 is 9.53 Å². The van der Waals surface area contributed by atoms with Gasteiger partial charge in [0.05, 0.1) is 12.8 Å². The van der Waals surface area contributed by atoms with Gasteiger partial charge in [0.1, 0.15) is 11.3 Å². The van der Waals surface area contributed by atoms with E-state index < -0.39 is 0 Å². The lowest BCUT2D eigenvalue weighted by atomic mass is 10.1. The van der Waals surface area contributed by atoms with Crippen molar-refractivity contribution in [1.29, 1.82) is 0 Å². The van der Waals surface area contributed by atoms with E-state index in [4.69, 9.17) is 4.74 Å². The number of nitrogens with zero attached hydrogens (tertiary/aromatic N) is 2. The highest BCUT2D eigenvalue weighted by atomic mass is 16.5. The maximum absolute atomic E-state index is 12.0. The molecule has 0 amide bonds. The fourth-order valence-electron chi connectivity index (χ4n) is 2.22. The monoisotopic (exact) mass is 272 g/mol. The van der Waals surface area contributed by atoms with Crippen LogP contribution in [-0.2, 0) is 11.3 Å². The number of benzene rings is 1. The number of carbonyl (C=O) groups excluding carboxylic acids is 1. The van der Waals surface area contributed by atoms with Crippen LogP contribution in [0.2, 0.25) is 0 Å². The standard InChI is InChI=1S/C16H20N2O2/c1-4-5-11-18-12(2)14(16(19)20-3)15(17-18)13-9-7-6-8-10-13/h6-10H,4-5,11H2,1-3H3. The van der Waals surface area contributed by atoms with Gasteiger partial charge in [-0.3, -0.25) is 4.68 Å². The van der Waals surface area contributed by atoms with E-state index in [-0.39, 0.29) is 5.97 Å². The van der Waals surface area contributed by atoms with E-state index >= 15 is 0 Å². The van der Waals surface area contributed by atoms with E-state index in [9.17, 15) is 4.79 Å². The molecule has 0 aliphatic carbocycles. The molecule has 0 unspecified atom stereocenters. The third-order valence-corrected chi connectivity index (χ3v) is 3.37. The highest BCUT2D eigenvalue weighted by Crippen LogP contribution is 2.26. The third kappa shape index (κ3) is 2.74. The zero-order valence-electron chi connectivity index (χ0n) is 12.2. The number of hydrogen-bond donors (Lipinski definition) is 0. The molecule has 0 N–H and O–H groups in total. The van der Waals surface area contributed by atoms with E-state index in [0.717, 1.165) is 30.6 Å². The van der Waals surface area contributed by atoms with Gasteiger partial charge in [-0.25, -0.2) is 4.79 Å². The summed E-state index contributed by atoms with van der Waals surface area (Å²) >= 11 is 0. The van der Waals surface area contributed by atoms with Crippen molar-refractivity contribution in [3.63, 3.8) is 0 Å². The normalized spacial score (nSPS) is 10.6. The van der Waals surface area contributed by atoms with E-state index in [1.807, 2.05) is 41.9 Å². The largest absolute Gasteiger partial charge is 0.465 e. The van der Waals surface area contributed by atoms with Crippen molar-refractivity contribution >= 4 is 5.97 Å². The Morgan fingerprint density at radius 3 is 2.60 bits per heavy atom. The molecule has 0 spiro atoms. The molecule has 0 saturated heterocycles. The molecule has 1 heterocycles. The van der Waals surface area contributed by atoms with Crippen LogP contribution in [0.1, 0.15) is 35.8 Å². The zero-order valence-corrected chi connectivity index (χ0v) is 12.2. The van der Waals surface area contributed by atoms with Gasteiger partial charge in [0, 0.05) is 12.1 Å². The first-order valence-corrected chi connectivity index (χ1v) is 6.90. The van der Waals surface area contributed by atoms with Gasteiger partial charge in [0.2, 0.25) is 0 Å². The summed E-state index contributed by atoms with van der Waals surface area (Å²) in [5.74, 6) is -0.330. The molecule has 4 heteroatoms. The second-order valence-electron chi connectivity index (χ2n) is 4.74. The molecule has 0 saturated carbocycles. The van der Waals surface area contributed by atoms with Crippen molar-refractivity contribution in [3.8, 4) is 11.3 Å². The van der Waals surface area contributed by atoms with E-state index in [1.54, 1.807) is 0 Å². The minimum absolute atomic E-state index is 0.330. The fraction of sp³-hybridized carbons (Fsp3) is 0.375. The quantitative estimate of drug-likeness (QED) is 0.783. The van der Waals surface area contributed by atoms with E-state index in [2.05, 4.69) is 12.0 Å². The molecule has 0 atom stereocenters. The number of esters is 1. The summed E-state index contributed by atoms with van der Waals surface area (Å²) in [6.45, 7) is 4.87. The molecule has 2 aromatic rings. The maximum Gasteiger partial charge on any atom is 0.342 e. The Bertz CT molecular complexity index is 588. The minimum Gasteiger partial charge on any atom is -0.465 e. The lowest BCUT2D eigenvalue weighted by molar-refractivity contribution is 0.0600. The van der Waals surface area contributed by atoms with Gasteiger partial charge in [-0.15, -0.1) is 0 Å². The zero-order chi connectivity index (χ0) is 14.5. The molecular formula is C16H20N2O2. The van der Waals surface area contributed by atoms with Crippen LogP contribution in [-0.4, -0.2) is 22.9 Å². The summed E-state index contributed by atoms with van der Waals surface area (Å²) in [5, 5.41) is 4.60. The highest BCUT2D eigenvalue weighted by molar-refractivity contribution is 5.97.